The first-order valence-corrected chi connectivity index (χ1v) is 10.3. The van der Waals surface area contributed by atoms with Crippen LogP contribution in [0.1, 0.15) is 40.4 Å². The summed E-state index contributed by atoms with van der Waals surface area (Å²) in [4.78, 5) is 28.0. The summed E-state index contributed by atoms with van der Waals surface area (Å²) < 4.78 is 29.1. The first-order chi connectivity index (χ1) is 16.3. The number of aryl methyl sites for hydroxylation is 1. The van der Waals surface area contributed by atoms with Gasteiger partial charge in [0, 0.05) is 29.4 Å². The average molecular weight is 465 g/mol. The number of rotatable bonds is 7. The zero-order valence-electron chi connectivity index (χ0n) is 18.4. The van der Waals surface area contributed by atoms with E-state index in [0.29, 0.717) is 28.4 Å². The van der Waals surface area contributed by atoms with Crippen LogP contribution >= 0.6 is 0 Å². The van der Waals surface area contributed by atoms with Gasteiger partial charge in [0.25, 0.3) is 5.91 Å². The third-order valence-electron chi connectivity index (χ3n) is 5.22. The summed E-state index contributed by atoms with van der Waals surface area (Å²) in [6.45, 7) is 0.673. The fourth-order valence-corrected chi connectivity index (χ4v) is 3.41. The number of alkyl halides is 2. The van der Waals surface area contributed by atoms with E-state index in [9.17, 15) is 13.6 Å². The molecule has 0 fully saturated rings. The van der Waals surface area contributed by atoms with Gasteiger partial charge in [-0.25, -0.2) is 15.0 Å². The highest BCUT2D eigenvalue weighted by Crippen LogP contribution is 2.25. The number of fused-ring (bicyclic) bond motifs is 1. The maximum Gasteiger partial charge on any atom is 0.388 e. The first kappa shape index (κ1) is 22.9. The van der Waals surface area contributed by atoms with Gasteiger partial charge in [-0.3, -0.25) is 4.79 Å². The van der Waals surface area contributed by atoms with Crippen molar-refractivity contribution in [3.05, 3.63) is 77.5 Å². The van der Waals surface area contributed by atoms with Crippen LogP contribution < -0.4 is 10.5 Å². The summed E-state index contributed by atoms with van der Waals surface area (Å²) in [7, 11) is 0. The van der Waals surface area contributed by atoms with Gasteiger partial charge in [-0.1, -0.05) is 0 Å². The van der Waals surface area contributed by atoms with E-state index in [-0.39, 0.29) is 18.3 Å². The predicted molar refractivity (Wildman–Crippen MR) is 120 cm³/mol. The fourth-order valence-electron chi connectivity index (χ4n) is 3.41. The molecule has 2 N–H and O–H groups in total. The summed E-state index contributed by atoms with van der Waals surface area (Å²) in [5, 5.41) is 8.35. The van der Waals surface area contributed by atoms with E-state index in [2.05, 4.69) is 29.9 Å². The SMILES string of the molecule is Cc1cc2cc(C(=O)N(Cc3ccc(OC(F)F)nn3)[C@H](C)c3ncccn3)ccc2nc1N. The van der Waals surface area contributed by atoms with Crippen LogP contribution in [-0.2, 0) is 6.54 Å². The second-order valence-electron chi connectivity index (χ2n) is 7.56. The number of nitrogens with zero attached hydrogens (tertiary/aromatic N) is 6. The van der Waals surface area contributed by atoms with E-state index < -0.39 is 12.7 Å². The molecule has 3 heterocycles. The van der Waals surface area contributed by atoms with Crippen LogP contribution in [0.5, 0.6) is 5.88 Å². The highest BCUT2D eigenvalue weighted by molar-refractivity contribution is 5.98. The number of carbonyl (C=O) groups excluding carboxylic acids is 1. The number of hydrogen-bond acceptors (Lipinski definition) is 8. The maximum absolute atomic E-state index is 13.6. The van der Waals surface area contributed by atoms with Gasteiger partial charge in [-0.05, 0) is 55.8 Å². The number of anilines is 1. The van der Waals surface area contributed by atoms with E-state index in [4.69, 9.17) is 5.73 Å². The molecule has 3 aromatic heterocycles. The van der Waals surface area contributed by atoms with Crippen molar-refractivity contribution in [2.75, 3.05) is 5.73 Å². The molecule has 11 heteroatoms. The second-order valence-corrected chi connectivity index (χ2v) is 7.56. The van der Waals surface area contributed by atoms with Crippen molar-refractivity contribution in [1.29, 1.82) is 0 Å². The summed E-state index contributed by atoms with van der Waals surface area (Å²) >= 11 is 0. The standard InChI is InChI=1S/C23H21F2N7O2/c1-13-10-16-11-15(4-6-18(16)29-20(13)26)22(33)32(14(2)21-27-8-3-9-28-21)12-17-5-7-19(31-30-17)34-23(24)25/h3-11,14,23H,12H2,1-2H3,(H2,26,29)/t14-/m1/s1. The zero-order chi connectivity index (χ0) is 24.2. The number of carbonyl (C=O) groups is 1. The molecule has 0 radical (unpaired) electrons. The van der Waals surface area contributed by atoms with Crippen LogP contribution in [-0.4, -0.2) is 42.6 Å². The Hall–Kier alpha value is -4.28. The number of benzene rings is 1. The maximum atomic E-state index is 13.6. The van der Waals surface area contributed by atoms with Crippen LogP contribution in [0, 0.1) is 6.92 Å². The van der Waals surface area contributed by atoms with Crippen molar-refractivity contribution in [3.8, 4) is 5.88 Å². The Kier molecular flexibility index (Phi) is 6.53. The number of nitrogens with two attached hydrogens (primary N) is 1. The van der Waals surface area contributed by atoms with Gasteiger partial charge in [0.1, 0.15) is 11.6 Å². The van der Waals surface area contributed by atoms with Gasteiger partial charge in [0.15, 0.2) is 0 Å². The number of pyridine rings is 1. The number of hydrogen-bond donors (Lipinski definition) is 1. The third-order valence-corrected chi connectivity index (χ3v) is 5.22. The lowest BCUT2D eigenvalue weighted by Gasteiger charge is -2.28. The van der Waals surface area contributed by atoms with Crippen LogP contribution in [0.2, 0.25) is 0 Å². The molecular weight excluding hydrogens is 444 g/mol. The van der Waals surface area contributed by atoms with E-state index >= 15 is 0 Å². The number of ether oxygens (including phenoxy) is 1. The molecule has 9 nitrogen and oxygen atoms in total. The van der Waals surface area contributed by atoms with Crippen molar-refractivity contribution in [2.45, 2.75) is 33.0 Å². The zero-order valence-corrected chi connectivity index (χ0v) is 18.4. The summed E-state index contributed by atoms with van der Waals surface area (Å²) in [6, 6.07) is 10.9. The molecule has 4 rings (SSSR count). The molecule has 0 spiro atoms. The Morgan fingerprint density at radius 1 is 1.12 bits per heavy atom. The minimum absolute atomic E-state index is 0.0390. The molecule has 1 aromatic carbocycles. The quantitative estimate of drug-likeness (QED) is 0.439. The summed E-state index contributed by atoms with van der Waals surface area (Å²) in [6.07, 6.45) is 3.18. The molecule has 0 saturated carbocycles. The molecule has 0 aliphatic heterocycles. The Labute approximate surface area is 193 Å². The van der Waals surface area contributed by atoms with Crippen molar-refractivity contribution in [3.63, 3.8) is 0 Å². The van der Waals surface area contributed by atoms with Crippen molar-refractivity contribution >= 4 is 22.6 Å². The molecule has 4 aromatic rings. The number of halogens is 2. The van der Waals surface area contributed by atoms with E-state index in [0.717, 1.165) is 10.9 Å². The number of amides is 1. The van der Waals surface area contributed by atoms with Gasteiger partial charge in [-0.2, -0.15) is 13.9 Å². The molecule has 34 heavy (non-hydrogen) atoms. The monoisotopic (exact) mass is 465 g/mol. The molecule has 0 aliphatic carbocycles. The third kappa shape index (κ3) is 5.03. The second kappa shape index (κ2) is 9.69. The predicted octanol–water partition coefficient (Wildman–Crippen LogP) is 3.71. The van der Waals surface area contributed by atoms with E-state index in [1.165, 1.54) is 17.0 Å². The topological polar surface area (TPSA) is 120 Å². The molecule has 1 amide bonds. The first-order valence-electron chi connectivity index (χ1n) is 10.3. The largest absolute Gasteiger partial charge is 0.415 e. The summed E-state index contributed by atoms with van der Waals surface area (Å²) in [5.41, 5.74) is 8.18. The van der Waals surface area contributed by atoms with Crippen LogP contribution in [0.4, 0.5) is 14.6 Å². The molecular formula is C23H21F2N7O2. The highest BCUT2D eigenvalue weighted by Gasteiger charge is 2.26. The smallest absolute Gasteiger partial charge is 0.388 e. The Morgan fingerprint density at radius 2 is 1.88 bits per heavy atom. The van der Waals surface area contributed by atoms with Gasteiger partial charge >= 0.3 is 6.61 Å². The normalized spacial score (nSPS) is 12.0. The van der Waals surface area contributed by atoms with E-state index in [1.807, 2.05) is 13.0 Å². The van der Waals surface area contributed by atoms with Gasteiger partial charge in [0.2, 0.25) is 5.88 Å². The Balaban J connectivity index is 1.68. The molecule has 1 atom stereocenters. The lowest BCUT2D eigenvalue weighted by Crippen LogP contribution is -2.34. The highest BCUT2D eigenvalue weighted by atomic mass is 19.3. The van der Waals surface area contributed by atoms with Gasteiger partial charge < -0.3 is 15.4 Å². The minimum Gasteiger partial charge on any atom is -0.415 e. The number of aromatic nitrogens is 5. The number of nitrogen functional groups attached to an aromatic ring is 1. The lowest BCUT2D eigenvalue weighted by molar-refractivity contribution is -0.0534. The Morgan fingerprint density at radius 3 is 2.56 bits per heavy atom. The molecule has 0 aliphatic rings. The van der Waals surface area contributed by atoms with Crippen LogP contribution in [0.25, 0.3) is 10.9 Å². The molecule has 0 bridgehead atoms. The van der Waals surface area contributed by atoms with Crippen molar-refractivity contribution < 1.29 is 18.3 Å². The van der Waals surface area contributed by atoms with E-state index in [1.54, 1.807) is 43.6 Å². The van der Waals surface area contributed by atoms with Crippen molar-refractivity contribution in [2.24, 2.45) is 0 Å². The van der Waals surface area contributed by atoms with Gasteiger partial charge in [-0.15, -0.1) is 5.10 Å². The van der Waals surface area contributed by atoms with Crippen molar-refractivity contribution in [1.82, 2.24) is 30.0 Å². The molecule has 0 unspecified atom stereocenters. The fraction of sp³-hybridized carbons (Fsp3) is 0.217. The van der Waals surface area contributed by atoms with Gasteiger partial charge in [0.05, 0.1) is 23.8 Å². The summed E-state index contributed by atoms with van der Waals surface area (Å²) in [5.74, 6) is 0.257. The van der Waals surface area contributed by atoms with Crippen LogP contribution in [0.15, 0.2) is 54.9 Å². The molecule has 0 saturated heterocycles. The van der Waals surface area contributed by atoms with Crippen LogP contribution in [0.3, 0.4) is 0 Å². The average Bonchev–Trinajstić information content (AvgIpc) is 2.83. The lowest BCUT2D eigenvalue weighted by atomic mass is 10.1. The molecule has 174 valence electrons. The Bertz CT molecular complexity index is 1300. The minimum atomic E-state index is -3.00.